The minimum Gasteiger partial charge on any atom is -0.487 e. The van der Waals surface area contributed by atoms with E-state index in [0.717, 1.165) is 54.2 Å². The number of benzene rings is 3. The van der Waals surface area contributed by atoms with Crippen LogP contribution in [0.25, 0.3) is 16.8 Å². The van der Waals surface area contributed by atoms with Gasteiger partial charge in [-0.05, 0) is 72.9 Å². The number of para-hydroxylation sites is 1. The molecule has 1 aliphatic rings. The van der Waals surface area contributed by atoms with E-state index >= 15 is 0 Å². The Hall–Kier alpha value is -3.49. The number of aromatic nitrogens is 2. The second-order valence-corrected chi connectivity index (χ2v) is 10.1. The van der Waals surface area contributed by atoms with Gasteiger partial charge in [-0.15, -0.1) is 0 Å². The molecule has 0 aliphatic carbocycles. The molecule has 1 aliphatic heterocycles. The van der Waals surface area contributed by atoms with Gasteiger partial charge in [0.2, 0.25) is 0 Å². The van der Waals surface area contributed by atoms with Gasteiger partial charge in [0, 0.05) is 13.1 Å². The molecule has 1 aromatic heterocycles. The maximum Gasteiger partial charge on any atom is 0.435 e. The molecule has 5 rings (SSSR count). The van der Waals surface area contributed by atoms with Gasteiger partial charge in [-0.3, -0.25) is 4.79 Å². The van der Waals surface area contributed by atoms with Gasteiger partial charge in [0.25, 0.3) is 5.91 Å². The summed E-state index contributed by atoms with van der Waals surface area (Å²) in [5.74, 6) is 0.405. The van der Waals surface area contributed by atoms with E-state index < -0.39 is 11.9 Å². The number of nitrogens with zero attached hydrogens (tertiary/aromatic N) is 3. The van der Waals surface area contributed by atoms with Crippen molar-refractivity contribution >= 4 is 29.1 Å². The summed E-state index contributed by atoms with van der Waals surface area (Å²) in [6.07, 6.45) is -1.47. The van der Waals surface area contributed by atoms with Crippen LogP contribution in [-0.2, 0) is 12.8 Å². The van der Waals surface area contributed by atoms with E-state index in [2.05, 4.69) is 5.10 Å². The van der Waals surface area contributed by atoms with Gasteiger partial charge in [0.1, 0.15) is 12.4 Å². The lowest BCUT2D eigenvalue weighted by atomic mass is 10.0. The van der Waals surface area contributed by atoms with Crippen LogP contribution in [0.3, 0.4) is 0 Å². The number of halogens is 5. The Bertz CT molecular complexity index is 1480. The van der Waals surface area contributed by atoms with Crippen molar-refractivity contribution in [2.45, 2.75) is 32.0 Å². The maximum absolute atomic E-state index is 13.4. The molecule has 1 saturated heterocycles. The predicted octanol–water partition coefficient (Wildman–Crippen LogP) is 8.07. The zero-order chi connectivity index (χ0) is 27.6. The van der Waals surface area contributed by atoms with Crippen molar-refractivity contribution in [3.8, 4) is 22.6 Å². The number of hydrogen-bond donors (Lipinski definition) is 0. The van der Waals surface area contributed by atoms with Gasteiger partial charge in [-0.1, -0.05) is 53.5 Å². The third-order valence-corrected chi connectivity index (χ3v) is 7.20. The molecule has 0 unspecified atom stereocenters. The molecular weight excluding hydrogens is 550 g/mol. The maximum atomic E-state index is 13.4. The zero-order valence-corrected chi connectivity index (χ0v) is 22.2. The Morgan fingerprint density at radius 2 is 1.56 bits per heavy atom. The highest BCUT2D eigenvalue weighted by molar-refractivity contribution is 6.34. The summed E-state index contributed by atoms with van der Waals surface area (Å²) in [6, 6.07) is 19.9. The fraction of sp³-hybridized carbons (Fsp3) is 0.241. The minimum absolute atomic E-state index is 0.0558. The van der Waals surface area contributed by atoms with E-state index in [9.17, 15) is 18.0 Å². The predicted molar refractivity (Wildman–Crippen MR) is 145 cm³/mol. The van der Waals surface area contributed by atoms with Crippen LogP contribution in [0.1, 0.15) is 41.0 Å². The Kier molecular flexibility index (Phi) is 7.86. The van der Waals surface area contributed by atoms with Gasteiger partial charge >= 0.3 is 6.18 Å². The molecule has 0 N–H and O–H groups in total. The molecule has 0 bridgehead atoms. The Morgan fingerprint density at radius 3 is 2.23 bits per heavy atom. The number of hydrogen-bond acceptors (Lipinski definition) is 3. The quantitative estimate of drug-likeness (QED) is 0.234. The summed E-state index contributed by atoms with van der Waals surface area (Å²) in [6.45, 7) is 1.33. The van der Waals surface area contributed by atoms with Crippen LogP contribution >= 0.6 is 23.2 Å². The van der Waals surface area contributed by atoms with E-state index in [-0.39, 0.29) is 23.2 Å². The Labute approximate surface area is 233 Å². The molecule has 0 saturated carbocycles. The topological polar surface area (TPSA) is 47.4 Å². The standard InChI is InChI=1S/C29H24Cl2F3N3O2/c30-24-6-2-3-7-26(24)37-21(17-27(35-37)29(32,33)34)18-39-22-11-8-19(9-12-22)20-10-13-23(25(31)16-20)28(38)36-14-4-1-5-15-36/h2-3,6-13,16-17H,1,4-5,14-15,18H2. The number of carbonyl (C=O) groups excluding carboxylic acids is 1. The molecule has 202 valence electrons. The second kappa shape index (κ2) is 11.3. The number of carbonyl (C=O) groups is 1. The summed E-state index contributed by atoms with van der Waals surface area (Å²) in [4.78, 5) is 14.7. The van der Waals surface area contributed by atoms with Crippen LogP contribution in [0.2, 0.25) is 10.0 Å². The zero-order valence-electron chi connectivity index (χ0n) is 20.7. The van der Waals surface area contributed by atoms with E-state index in [1.54, 1.807) is 48.5 Å². The highest BCUT2D eigenvalue weighted by Gasteiger charge is 2.35. The first-order valence-corrected chi connectivity index (χ1v) is 13.2. The molecule has 4 aromatic rings. The SMILES string of the molecule is O=C(c1ccc(-c2ccc(OCc3cc(C(F)(F)F)nn3-c3ccccc3Cl)cc2)cc1Cl)N1CCCCC1. The third-order valence-electron chi connectivity index (χ3n) is 6.57. The van der Waals surface area contributed by atoms with Crippen molar-refractivity contribution in [1.82, 2.24) is 14.7 Å². The molecular formula is C29H24Cl2F3N3O2. The normalized spacial score (nSPS) is 13.9. The number of piperidine rings is 1. The van der Waals surface area contributed by atoms with Crippen LogP contribution in [-0.4, -0.2) is 33.7 Å². The monoisotopic (exact) mass is 573 g/mol. The number of rotatable bonds is 6. The van der Waals surface area contributed by atoms with Crippen molar-refractivity contribution in [2.24, 2.45) is 0 Å². The van der Waals surface area contributed by atoms with E-state index in [1.807, 2.05) is 23.1 Å². The average Bonchev–Trinajstić information content (AvgIpc) is 3.37. The Balaban J connectivity index is 1.31. The molecule has 39 heavy (non-hydrogen) atoms. The summed E-state index contributed by atoms with van der Waals surface area (Å²) in [5.41, 5.74) is 1.64. The molecule has 1 fully saturated rings. The molecule has 3 aromatic carbocycles. The fourth-order valence-corrected chi connectivity index (χ4v) is 5.01. The molecule has 0 spiro atoms. The van der Waals surface area contributed by atoms with Crippen molar-refractivity contribution in [3.05, 3.63) is 99.8 Å². The first-order chi connectivity index (χ1) is 18.7. The van der Waals surface area contributed by atoms with E-state index in [0.29, 0.717) is 22.0 Å². The van der Waals surface area contributed by atoms with Gasteiger partial charge in [-0.25, -0.2) is 4.68 Å². The number of ether oxygens (including phenoxy) is 1. The first-order valence-electron chi connectivity index (χ1n) is 12.4. The summed E-state index contributed by atoms with van der Waals surface area (Å²) in [5, 5.41) is 4.38. The molecule has 10 heteroatoms. The smallest absolute Gasteiger partial charge is 0.435 e. The second-order valence-electron chi connectivity index (χ2n) is 9.24. The van der Waals surface area contributed by atoms with Crippen LogP contribution in [0.5, 0.6) is 5.75 Å². The van der Waals surface area contributed by atoms with Crippen molar-refractivity contribution in [1.29, 1.82) is 0 Å². The lowest BCUT2D eigenvalue weighted by Gasteiger charge is -2.27. The Morgan fingerprint density at radius 1 is 0.872 bits per heavy atom. The highest BCUT2D eigenvalue weighted by Crippen LogP contribution is 2.32. The number of likely N-dealkylation sites (tertiary alicyclic amines) is 1. The van der Waals surface area contributed by atoms with Crippen LogP contribution in [0.4, 0.5) is 13.2 Å². The van der Waals surface area contributed by atoms with Crippen molar-refractivity contribution in [2.75, 3.05) is 13.1 Å². The van der Waals surface area contributed by atoms with Gasteiger partial charge in [-0.2, -0.15) is 18.3 Å². The lowest BCUT2D eigenvalue weighted by molar-refractivity contribution is -0.141. The fourth-order valence-electron chi connectivity index (χ4n) is 4.53. The molecule has 2 heterocycles. The molecule has 5 nitrogen and oxygen atoms in total. The molecule has 0 atom stereocenters. The number of alkyl halides is 3. The average molecular weight is 574 g/mol. The molecule has 1 amide bonds. The van der Waals surface area contributed by atoms with Crippen LogP contribution < -0.4 is 4.74 Å². The van der Waals surface area contributed by atoms with Gasteiger partial charge in [0.15, 0.2) is 5.69 Å². The largest absolute Gasteiger partial charge is 0.487 e. The van der Waals surface area contributed by atoms with Gasteiger partial charge < -0.3 is 9.64 Å². The number of amides is 1. The summed E-state index contributed by atoms with van der Waals surface area (Å²) in [7, 11) is 0. The summed E-state index contributed by atoms with van der Waals surface area (Å²) >= 11 is 12.7. The van der Waals surface area contributed by atoms with E-state index in [1.165, 1.54) is 0 Å². The van der Waals surface area contributed by atoms with E-state index in [4.69, 9.17) is 27.9 Å². The highest BCUT2D eigenvalue weighted by atomic mass is 35.5. The lowest BCUT2D eigenvalue weighted by Crippen LogP contribution is -2.35. The molecule has 0 radical (unpaired) electrons. The summed E-state index contributed by atoms with van der Waals surface area (Å²) < 4.78 is 47.1. The van der Waals surface area contributed by atoms with Gasteiger partial charge in [0.05, 0.1) is 27.0 Å². The van der Waals surface area contributed by atoms with Crippen molar-refractivity contribution in [3.63, 3.8) is 0 Å². The minimum atomic E-state index is -4.61. The first kappa shape index (κ1) is 27.1. The third kappa shape index (κ3) is 6.07. The van der Waals surface area contributed by atoms with Crippen LogP contribution in [0, 0.1) is 0 Å². The van der Waals surface area contributed by atoms with Crippen LogP contribution in [0.15, 0.2) is 72.8 Å². The van der Waals surface area contributed by atoms with Crippen molar-refractivity contribution < 1.29 is 22.7 Å².